The largest absolute Gasteiger partial charge is 0.302 e. The minimum atomic E-state index is 0.715. The highest BCUT2D eigenvalue weighted by Crippen LogP contribution is 2.54. The van der Waals surface area contributed by atoms with E-state index in [4.69, 9.17) is 0 Å². The van der Waals surface area contributed by atoms with Gasteiger partial charge in [0.1, 0.15) is 0 Å². The highest BCUT2D eigenvalue weighted by atomic mass is 15.2. The summed E-state index contributed by atoms with van der Waals surface area (Å²) in [7, 11) is 4.62. The summed E-state index contributed by atoms with van der Waals surface area (Å²) in [4.78, 5) is 5.15. The smallest absolute Gasteiger partial charge is 0.0109 e. The maximum absolute atomic E-state index is 2.64. The molecular weight excluding hydrogens is 268 g/mol. The third kappa shape index (κ3) is 4.26. The van der Waals surface area contributed by atoms with Gasteiger partial charge >= 0.3 is 0 Å². The van der Waals surface area contributed by atoms with Crippen molar-refractivity contribution in [2.75, 3.05) is 27.2 Å². The minimum Gasteiger partial charge on any atom is -0.302 e. The molecule has 2 saturated carbocycles. The molecule has 1 spiro atoms. The molecule has 0 bridgehead atoms. The molecule has 0 amide bonds. The highest BCUT2D eigenvalue weighted by Gasteiger charge is 2.47. The highest BCUT2D eigenvalue weighted by molar-refractivity contribution is 5.00. The van der Waals surface area contributed by atoms with Crippen molar-refractivity contribution in [3.8, 4) is 0 Å². The van der Waals surface area contributed by atoms with Crippen LogP contribution in [0.4, 0.5) is 0 Å². The zero-order chi connectivity index (χ0) is 16.3. The molecule has 22 heavy (non-hydrogen) atoms. The Bertz CT molecular complexity index is 323. The van der Waals surface area contributed by atoms with Gasteiger partial charge in [-0.2, -0.15) is 0 Å². The Kier molecular flexibility index (Phi) is 6.36. The van der Waals surface area contributed by atoms with Crippen LogP contribution in [0.25, 0.3) is 0 Å². The van der Waals surface area contributed by atoms with E-state index in [2.05, 4.69) is 51.6 Å². The van der Waals surface area contributed by atoms with Gasteiger partial charge < -0.3 is 9.80 Å². The molecule has 1 unspecified atom stereocenters. The number of nitrogens with zero attached hydrogens (tertiary/aromatic N) is 2. The number of hydrogen-bond acceptors (Lipinski definition) is 2. The van der Waals surface area contributed by atoms with Crippen LogP contribution < -0.4 is 0 Å². The summed E-state index contributed by atoms with van der Waals surface area (Å²) >= 11 is 0. The summed E-state index contributed by atoms with van der Waals surface area (Å²) in [6, 6.07) is 1.58. The lowest BCUT2D eigenvalue weighted by molar-refractivity contribution is -0.0320. The Balaban J connectivity index is 1.68. The van der Waals surface area contributed by atoms with Crippen molar-refractivity contribution < 1.29 is 0 Å². The molecule has 2 nitrogen and oxygen atoms in total. The van der Waals surface area contributed by atoms with Gasteiger partial charge in [-0.25, -0.2) is 0 Å². The number of likely N-dealkylation sites (N-methyl/N-ethyl adjacent to an activating group) is 2. The molecule has 1 atom stereocenters. The van der Waals surface area contributed by atoms with E-state index in [0.717, 1.165) is 23.3 Å². The first-order valence-corrected chi connectivity index (χ1v) is 9.77. The Morgan fingerprint density at radius 1 is 1.00 bits per heavy atom. The van der Waals surface area contributed by atoms with Gasteiger partial charge in [0.15, 0.2) is 0 Å². The van der Waals surface area contributed by atoms with Gasteiger partial charge in [-0.1, -0.05) is 20.8 Å². The SMILES string of the molecule is CCC(C)N(C)CCN(C)C1CC2(CCC(C(C)C)CC2)C1. The molecule has 0 N–H and O–H groups in total. The van der Waals surface area contributed by atoms with Gasteiger partial charge in [0.2, 0.25) is 0 Å². The molecule has 0 aliphatic heterocycles. The predicted octanol–water partition coefficient (Wildman–Crippen LogP) is 4.64. The third-order valence-electron chi connectivity index (χ3n) is 7.14. The average molecular weight is 309 g/mol. The topological polar surface area (TPSA) is 6.48 Å². The lowest BCUT2D eigenvalue weighted by atomic mass is 9.56. The molecule has 0 saturated heterocycles. The molecule has 2 aliphatic carbocycles. The zero-order valence-electron chi connectivity index (χ0n) is 16.1. The van der Waals surface area contributed by atoms with E-state index in [0.29, 0.717) is 6.04 Å². The summed E-state index contributed by atoms with van der Waals surface area (Å²) < 4.78 is 0. The standard InChI is InChI=1S/C20H40N2/c1-7-17(4)21(5)12-13-22(6)19-14-20(15-19)10-8-18(9-11-20)16(2)3/h16-19H,7-15H2,1-6H3. The molecule has 130 valence electrons. The second kappa shape index (κ2) is 7.66. The predicted molar refractivity (Wildman–Crippen MR) is 97.3 cm³/mol. The second-order valence-corrected chi connectivity index (χ2v) is 8.86. The van der Waals surface area contributed by atoms with E-state index in [1.165, 1.54) is 58.0 Å². The Morgan fingerprint density at radius 2 is 1.59 bits per heavy atom. The molecule has 0 radical (unpaired) electrons. The molecule has 2 aliphatic rings. The molecule has 2 rings (SSSR count). The summed E-state index contributed by atoms with van der Waals surface area (Å²) in [5, 5.41) is 0. The Morgan fingerprint density at radius 3 is 2.09 bits per heavy atom. The van der Waals surface area contributed by atoms with E-state index in [-0.39, 0.29) is 0 Å². The zero-order valence-corrected chi connectivity index (χ0v) is 16.1. The van der Waals surface area contributed by atoms with E-state index >= 15 is 0 Å². The first kappa shape index (κ1) is 18.3. The average Bonchev–Trinajstić information content (AvgIpc) is 2.48. The van der Waals surface area contributed by atoms with Crippen LogP contribution in [-0.2, 0) is 0 Å². The van der Waals surface area contributed by atoms with Crippen LogP contribution in [0, 0.1) is 17.3 Å². The van der Waals surface area contributed by atoms with Gasteiger partial charge in [-0.15, -0.1) is 0 Å². The molecule has 2 fully saturated rings. The third-order valence-corrected chi connectivity index (χ3v) is 7.14. The van der Waals surface area contributed by atoms with E-state index in [9.17, 15) is 0 Å². The van der Waals surface area contributed by atoms with Gasteiger partial charge in [-0.05, 0) is 83.2 Å². The Hall–Kier alpha value is -0.0800. The fourth-order valence-corrected chi connectivity index (χ4v) is 4.61. The van der Waals surface area contributed by atoms with Crippen LogP contribution in [-0.4, -0.2) is 49.1 Å². The van der Waals surface area contributed by atoms with Crippen LogP contribution in [0.15, 0.2) is 0 Å². The summed E-state index contributed by atoms with van der Waals surface area (Å²) in [5.74, 6) is 1.90. The van der Waals surface area contributed by atoms with Crippen LogP contribution in [0.2, 0.25) is 0 Å². The van der Waals surface area contributed by atoms with Crippen molar-refractivity contribution in [1.29, 1.82) is 0 Å². The van der Waals surface area contributed by atoms with Crippen molar-refractivity contribution in [2.45, 2.75) is 84.7 Å². The fourth-order valence-electron chi connectivity index (χ4n) is 4.61. The van der Waals surface area contributed by atoms with Crippen molar-refractivity contribution in [1.82, 2.24) is 9.80 Å². The lowest BCUT2D eigenvalue weighted by Gasteiger charge is -2.55. The van der Waals surface area contributed by atoms with Gasteiger partial charge in [0.25, 0.3) is 0 Å². The summed E-state index contributed by atoms with van der Waals surface area (Å²) in [5.41, 5.74) is 0.743. The summed E-state index contributed by atoms with van der Waals surface area (Å²) in [6.45, 7) is 11.9. The van der Waals surface area contributed by atoms with Crippen molar-refractivity contribution in [3.63, 3.8) is 0 Å². The van der Waals surface area contributed by atoms with Crippen molar-refractivity contribution >= 4 is 0 Å². The van der Waals surface area contributed by atoms with E-state index in [1.54, 1.807) is 0 Å². The molecule has 0 aromatic carbocycles. The van der Waals surface area contributed by atoms with Crippen molar-refractivity contribution in [3.05, 3.63) is 0 Å². The van der Waals surface area contributed by atoms with Crippen LogP contribution >= 0.6 is 0 Å². The second-order valence-electron chi connectivity index (χ2n) is 8.86. The fraction of sp³-hybridized carbons (Fsp3) is 1.00. The number of hydrogen-bond donors (Lipinski definition) is 0. The molecular formula is C20H40N2. The molecule has 0 heterocycles. The molecule has 2 heteroatoms. The first-order chi connectivity index (χ1) is 10.4. The van der Waals surface area contributed by atoms with Crippen LogP contribution in [0.5, 0.6) is 0 Å². The monoisotopic (exact) mass is 308 g/mol. The van der Waals surface area contributed by atoms with Gasteiger partial charge in [0.05, 0.1) is 0 Å². The molecule has 0 aromatic heterocycles. The minimum absolute atomic E-state index is 0.715. The quantitative estimate of drug-likeness (QED) is 0.676. The van der Waals surface area contributed by atoms with Crippen LogP contribution in [0.1, 0.15) is 72.6 Å². The van der Waals surface area contributed by atoms with Gasteiger partial charge in [-0.3, -0.25) is 0 Å². The maximum atomic E-state index is 2.64. The van der Waals surface area contributed by atoms with Gasteiger partial charge in [0, 0.05) is 25.2 Å². The van der Waals surface area contributed by atoms with E-state index in [1.807, 2.05) is 0 Å². The van der Waals surface area contributed by atoms with E-state index < -0.39 is 0 Å². The molecule has 0 aromatic rings. The first-order valence-electron chi connectivity index (χ1n) is 9.77. The summed E-state index contributed by atoms with van der Waals surface area (Å²) in [6.07, 6.45) is 10.2. The lowest BCUT2D eigenvalue weighted by Crippen LogP contribution is -2.52. The van der Waals surface area contributed by atoms with Crippen LogP contribution in [0.3, 0.4) is 0 Å². The number of rotatable bonds is 7. The maximum Gasteiger partial charge on any atom is 0.0109 e. The Labute approximate surface area is 139 Å². The normalized spacial score (nSPS) is 33.7. The van der Waals surface area contributed by atoms with Crippen molar-refractivity contribution in [2.24, 2.45) is 17.3 Å².